The predicted octanol–water partition coefficient (Wildman–Crippen LogP) is 11.3. The maximum Gasteiger partial charge on any atom is 0.166 e. The number of benzene rings is 7. The van der Waals surface area contributed by atoms with Crippen LogP contribution < -0.4 is 0 Å². The molecule has 9 aromatic rings. The summed E-state index contributed by atoms with van der Waals surface area (Å²) in [4.78, 5) is 15.3. The van der Waals surface area contributed by atoms with Crippen molar-refractivity contribution in [1.29, 1.82) is 0 Å². The third-order valence-corrected chi connectivity index (χ3v) is 9.07. The minimum absolute atomic E-state index is 0.618. The lowest BCUT2D eigenvalue weighted by Crippen LogP contribution is -2.04. The lowest BCUT2D eigenvalue weighted by Gasteiger charge is -2.16. The summed E-state index contributed by atoms with van der Waals surface area (Å²) >= 11 is 0. The Morgan fingerprint density at radius 2 is 0.837 bits per heavy atom. The maximum atomic E-state index is 5.16. The first-order valence-electron chi connectivity index (χ1n) is 16.5. The molecule has 0 amide bonds. The van der Waals surface area contributed by atoms with Crippen LogP contribution in [0.15, 0.2) is 182 Å². The molecule has 9 rings (SSSR count). The van der Waals surface area contributed by atoms with Crippen LogP contribution in [0.2, 0.25) is 0 Å². The Balaban J connectivity index is 1.37. The van der Waals surface area contributed by atoms with Gasteiger partial charge in [0, 0.05) is 27.5 Å². The minimum atomic E-state index is 0.618. The third kappa shape index (κ3) is 5.16. The molecule has 0 aliphatic heterocycles. The van der Waals surface area contributed by atoms with Gasteiger partial charge in [-0.15, -0.1) is 0 Å². The van der Waals surface area contributed by atoms with Crippen molar-refractivity contribution in [3.05, 3.63) is 182 Å². The molecule has 2 aromatic heterocycles. The topological polar surface area (TPSA) is 43.6 Å². The quantitative estimate of drug-likeness (QED) is 0.184. The molecule has 2 heterocycles. The van der Waals surface area contributed by atoms with E-state index in [0.29, 0.717) is 17.5 Å². The third-order valence-electron chi connectivity index (χ3n) is 9.07. The highest BCUT2D eigenvalue weighted by atomic mass is 15.1. The van der Waals surface area contributed by atoms with Gasteiger partial charge in [-0.05, 0) is 46.5 Å². The Kier molecular flexibility index (Phi) is 7.10. The van der Waals surface area contributed by atoms with Crippen molar-refractivity contribution < 1.29 is 0 Å². The molecule has 0 aliphatic carbocycles. The molecule has 7 aromatic carbocycles. The van der Waals surface area contributed by atoms with Gasteiger partial charge in [-0.25, -0.2) is 15.0 Å². The monoisotopic (exact) mass is 626 g/mol. The number of rotatable bonds is 6. The fourth-order valence-electron chi connectivity index (χ4n) is 6.78. The van der Waals surface area contributed by atoms with E-state index < -0.39 is 0 Å². The van der Waals surface area contributed by atoms with Crippen LogP contribution in [0.5, 0.6) is 0 Å². The summed E-state index contributed by atoms with van der Waals surface area (Å²) in [5.74, 6) is 1.89. The molecular weight excluding hydrogens is 597 g/mol. The second-order valence-corrected chi connectivity index (χ2v) is 12.1. The summed E-state index contributed by atoms with van der Waals surface area (Å²) in [6.45, 7) is 0. The number of hydrogen-bond donors (Lipinski definition) is 0. The van der Waals surface area contributed by atoms with Crippen molar-refractivity contribution in [2.75, 3.05) is 0 Å². The first kappa shape index (κ1) is 28.6. The van der Waals surface area contributed by atoms with Gasteiger partial charge in [-0.1, -0.05) is 158 Å². The summed E-state index contributed by atoms with van der Waals surface area (Å²) in [6, 6.07) is 63.3. The molecule has 0 fully saturated rings. The molecule has 0 spiro atoms. The van der Waals surface area contributed by atoms with Crippen LogP contribution in [-0.2, 0) is 0 Å². The van der Waals surface area contributed by atoms with Crippen LogP contribution in [0.25, 0.3) is 83.9 Å². The summed E-state index contributed by atoms with van der Waals surface area (Å²) in [5.41, 5.74) is 10.7. The molecule has 0 radical (unpaired) electrons. The summed E-state index contributed by atoms with van der Waals surface area (Å²) < 4.78 is 2.38. The first-order valence-corrected chi connectivity index (χ1v) is 16.5. The van der Waals surface area contributed by atoms with Crippen LogP contribution in [0.4, 0.5) is 0 Å². The van der Waals surface area contributed by atoms with E-state index in [1.165, 1.54) is 21.9 Å². The van der Waals surface area contributed by atoms with Gasteiger partial charge in [0.1, 0.15) is 0 Å². The van der Waals surface area contributed by atoms with Crippen LogP contribution >= 0.6 is 0 Å². The molecule has 0 bridgehead atoms. The van der Waals surface area contributed by atoms with Crippen molar-refractivity contribution in [1.82, 2.24) is 19.5 Å². The number of hydrogen-bond acceptors (Lipinski definition) is 3. The summed E-state index contributed by atoms with van der Waals surface area (Å²) in [5, 5.41) is 2.41. The van der Waals surface area contributed by atoms with Gasteiger partial charge in [0.2, 0.25) is 0 Å². The van der Waals surface area contributed by atoms with E-state index in [4.69, 9.17) is 15.0 Å². The van der Waals surface area contributed by atoms with Gasteiger partial charge < -0.3 is 4.57 Å². The van der Waals surface area contributed by atoms with E-state index in [1.54, 1.807) is 0 Å². The van der Waals surface area contributed by atoms with Crippen LogP contribution in [0.1, 0.15) is 0 Å². The van der Waals surface area contributed by atoms with E-state index in [2.05, 4.69) is 126 Å². The molecule has 0 N–H and O–H groups in total. The zero-order valence-electron chi connectivity index (χ0n) is 26.6. The van der Waals surface area contributed by atoms with Gasteiger partial charge in [0.05, 0.1) is 16.7 Å². The van der Waals surface area contributed by atoms with Crippen LogP contribution in [0, 0.1) is 0 Å². The Labute approximate surface area is 284 Å². The Hall–Kier alpha value is -6.65. The lowest BCUT2D eigenvalue weighted by atomic mass is 9.99. The number of fused-ring (bicyclic) bond motifs is 3. The van der Waals surface area contributed by atoms with E-state index in [1.807, 2.05) is 60.7 Å². The maximum absolute atomic E-state index is 5.16. The van der Waals surface area contributed by atoms with Crippen molar-refractivity contribution >= 4 is 21.8 Å². The SMILES string of the molecule is c1ccc(-c2ccc(-c3nc(-c4ccccc4)nc(-c4ccccc4)n3)c(-n3c4ccccc4c4c(-c5ccccc5)cccc43)c2)cc1. The molecule has 0 saturated carbocycles. The number of aromatic nitrogens is 4. The fraction of sp³-hybridized carbons (Fsp3) is 0. The van der Waals surface area contributed by atoms with Crippen molar-refractivity contribution in [2.45, 2.75) is 0 Å². The average Bonchev–Trinajstić information content (AvgIpc) is 3.53. The minimum Gasteiger partial charge on any atom is -0.308 e. The second-order valence-electron chi connectivity index (χ2n) is 12.1. The standard InChI is InChI=1S/C45H30N4/c1-5-16-31(17-6-1)35-28-29-38(45-47-43(33-20-9-3-10-21-33)46-44(48-45)34-22-11-4-12-23-34)41(30-35)49-39-26-14-13-24-37(39)42-36(25-15-27-40(42)49)32-18-7-2-8-19-32/h1-30H. The van der Waals surface area contributed by atoms with Crippen molar-refractivity contribution in [3.63, 3.8) is 0 Å². The highest BCUT2D eigenvalue weighted by molar-refractivity contribution is 6.16. The normalized spacial score (nSPS) is 11.3. The molecule has 49 heavy (non-hydrogen) atoms. The summed E-state index contributed by atoms with van der Waals surface area (Å²) in [7, 11) is 0. The van der Waals surface area contributed by atoms with Crippen LogP contribution in [-0.4, -0.2) is 19.5 Å². The first-order chi connectivity index (χ1) is 24.3. The van der Waals surface area contributed by atoms with Gasteiger partial charge in [-0.3, -0.25) is 0 Å². The Morgan fingerprint density at radius 3 is 1.47 bits per heavy atom. The van der Waals surface area contributed by atoms with E-state index in [-0.39, 0.29) is 0 Å². The second kappa shape index (κ2) is 12.2. The number of para-hydroxylation sites is 1. The largest absolute Gasteiger partial charge is 0.308 e. The smallest absolute Gasteiger partial charge is 0.166 e. The van der Waals surface area contributed by atoms with Crippen LogP contribution in [0.3, 0.4) is 0 Å². The zero-order chi connectivity index (χ0) is 32.6. The van der Waals surface area contributed by atoms with E-state index in [0.717, 1.165) is 44.5 Å². The average molecular weight is 627 g/mol. The molecule has 0 aliphatic rings. The zero-order valence-corrected chi connectivity index (χ0v) is 26.6. The summed E-state index contributed by atoms with van der Waals surface area (Å²) in [6.07, 6.45) is 0. The van der Waals surface area contributed by atoms with Crippen molar-refractivity contribution in [3.8, 4) is 62.1 Å². The Morgan fingerprint density at radius 1 is 0.327 bits per heavy atom. The van der Waals surface area contributed by atoms with Gasteiger partial charge in [0.15, 0.2) is 17.5 Å². The molecule has 0 atom stereocenters. The Bertz CT molecular complexity index is 2520. The van der Waals surface area contributed by atoms with E-state index in [9.17, 15) is 0 Å². The molecule has 4 nitrogen and oxygen atoms in total. The fourth-order valence-corrected chi connectivity index (χ4v) is 6.78. The van der Waals surface area contributed by atoms with Crippen molar-refractivity contribution in [2.24, 2.45) is 0 Å². The lowest BCUT2D eigenvalue weighted by molar-refractivity contribution is 1.06. The molecule has 0 unspecified atom stereocenters. The highest BCUT2D eigenvalue weighted by Gasteiger charge is 2.21. The molecular formula is C45H30N4. The molecule has 4 heteroatoms. The van der Waals surface area contributed by atoms with Gasteiger partial charge in [-0.2, -0.15) is 0 Å². The van der Waals surface area contributed by atoms with Gasteiger partial charge >= 0.3 is 0 Å². The molecule has 0 saturated heterocycles. The predicted molar refractivity (Wildman–Crippen MR) is 201 cm³/mol. The highest BCUT2D eigenvalue weighted by Crippen LogP contribution is 2.41. The molecule has 230 valence electrons. The number of nitrogens with zero attached hydrogens (tertiary/aromatic N) is 4. The van der Waals surface area contributed by atoms with Gasteiger partial charge in [0.25, 0.3) is 0 Å². The van der Waals surface area contributed by atoms with E-state index >= 15 is 0 Å².